The molecule has 1 fully saturated rings. The molecule has 0 saturated heterocycles. The number of fused-ring (bicyclic) bond motifs is 3. The first-order chi connectivity index (χ1) is 14.5. The third kappa shape index (κ3) is 3.29. The summed E-state index contributed by atoms with van der Waals surface area (Å²) in [7, 11) is 0. The van der Waals surface area contributed by atoms with Gasteiger partial charge in [-0.25, -0.2) is 9.50 Å². The van der Waals surface area contributed by atoms with Crippen molar-refractivity contribution in [2.45, 2.75) is 45.1 Å². The molecule has 0 aliphatic heterocycles. The fraction of sp³-hybridized carbons (Fsp3) is 0.292. The maximum Gasteiger partial charge on any atom is 0.221 e. The molecule has 0 unspecified atom stereocenters. The number of nitrogens with one attached hydrogen (secondary N) is 1. The molecule has 1 saturated carbocycles. The molecular weight excluding hydrogens is 440 g/mol. The van der Waals surface area contributed by atoms with Gasteiger partial charge in [-0.05, 0) is 68.5 Å². The molecule has 6 heteroatoms. The van der Waals surface area contributed by atoms with Gasteiger partial charge < -0.3 is 5.32 Å². The first-order valence-electron chi connectivity index (χ1n) is 10.3. The summed E-state index contributed by atoms with van der Waals surface area (Å²) in [6.07, 6.45) is 3.07. The molecule has 2 aromatic carbocycles. The lowest BCUT2D eigenvalue weighted by Crippen LogP contribution is -2.35. The summed E-state index contributed by atoms with van der Waals surface area (Å²) in [5.41, 5.74) is 5.91. The van der Waals surface area contributed by atoms with Crippen LogP contribution in [-0.2, 0) is 16.8 Å². The second-order valence-electron chi connectivity index (χ2n) is 8.15. The normalized spacial score (nSPS) is 14.9. The monoisotopic (exact) mass is 462 g/mol. The van der Waals surface area contributed by atoms with E-state index < -0.39 is 0 Å². The third-order valence-corrected chi connectivity index (χ3v) is 6.67. The van der Waals surface area contributed by atoms with E-state index in [9.17, 15) is 4.79 Å². The topological polar surface area (TPSA) is 59.3 Å². The molecule has 2 heterocycles. The van der Waals surface area contributed by atoms with Gasteiger partial charge >= 0.3 is 0 Å². The Labute approximate surface area is 183 Å². The Morgan fingerprint density at radius 1 is 1.13 bits per heavy atom. The average Bonchev–Trinajstić information content (AvgIpc) is 3.41. The van der Waals surface area contributed by atoms with Gasteiger partial charge in [-0.2, -0.15) is 5.10 Å². The third-order valence-electron chi connectivity index (χ3n) is 6.15. The summed E-state index contributed by atoms with van der Waals surface area (Å²) >= 11 is 3.48. The van der Waals surface area contributed by atoms with E-state index >= 15 is 0 Å². The van der Waals surface area contributed by atoms with Crippen LogP contribution >= 0.6 is 15.9 Å². The Morgan fingerprint density at radius 3 is 2.60 bits per heavy atom. The molecule has 5 rings (SSSR count). The minimum atomic E-state index is -0.191. The van der Waals surface area contributed by atoms with Crippen molar-refractivity contribution in [3.63, 3.8) is 0 Å². The zero-order valence-electron chi connectivity index (χ0n) is 17.1. The summed E-state index contributed by atoms with van der Waals surface area (Å²) in [5.74, 6) is 0.0833. The molecule has 1 amide bonds. The second-order valence-corrected chi connectivity index (χ2v) is 9.07. The summed E-state index contributed by atoms with van der Waals surface area (Å²) in [4.78, 5) is 17.6. The van der Waals surface area contributed by atoms with E-state index in [0.717, 1.165) is 50.8 Å². The number of carbonyl (C=O) groups excluding carboxylic acids is 1. The van der Waals surface area contributed by atoms with Crippen LogP contribution in [0.15, 0.2) is 53.0 Å². The van der Waals surface area contributed by atoms with Gasteiger partial charge in [-0.15, -0.1) is 0 Å². The van der Waals surface area contributed by atoms with Gasteiger partial charge in [0.05, 0.1) is 11.1 Å². The van der Waals surface area contributed by atoms with Gasteiger partial charge in [0.15, 0.2) is 5.65 Å². The fourth-order valence-electron chi connectivity index (χ4n) is 4.29. The highest BCUT2D eigenvalue weighted by molar-refractivity contribution is 9.10. The van der Waals surface area contributed by atoms with Crippen molar-refractivity contribution in [2.24, 2.45) is 0 Å². The number of benzene rings is 2. The molecular formula is C24H23BrN4O. The van der Waals surface area contributed by atoms with Crippen LogP contribution in [0.1, 0.15) is 41.8 Å². The van der Waals surface area contributed by atoms with Crippen molar-refractivity contribution in [1.29, 1.82) is 0 Å². The van der Waals surface area contributed by atoms with Crippen LogP contribution in [0, 0.1) is 13.8 Å². The van der Waals surface area contributed by atoms with Crippen LogP contribution in [0.25, 0.3) is 16.6 Å². The van der Waals surface area contributed by atoms with Gasteiger partial charge in [0.1, 0.15) is 0 Å². The molecule has 4 aromatic rings. The molecule has 1 N–H and O–H groups in total. The highest BCUT2D eigenvalue weighted by Crippen LogP contribution is 2.45. The van der Waals surface area contributed by atoms with E-state index in [1.165, 1.54) is 5.56 Å². The number of halogens is 1. The minimum Gasteiger partial charge on any atom is -0.347 e. The molecule has 1 aliphatic carbocycles. The van der Waals surface area contributed by atoms with Crippen molar-refractivity contribution >= 4 is 38.4 Å². The van der Waals surface area contributed by atoms with Crippen LogP contribution in [0.5, 0.6) is 0 Å². The largest absolute Gasteiger partial charge is 0.347 e. The number of nitrogens with zero attached hydrogens (tertiary/aromatic N) is 3. The Balaban J connectivity index is 1.35. The van der Waals surface area contributed by atoms with Gasteiger partial charge in [-0.3, -0.25) is 4.79 Å². The van der Waals surface area contributed by atoms with E-state index in [1.807, 2.05) is 47.8 Å². The zero-order valence-corrected chi connectivity index (χ0v) is 18.7. The van der Waals surface area contributed by atoms with E-state index in [1.54, 1.807) is 0 Å². The quantitative estimate of drug-likeness (QED) is 0.453. The van der Waals surface area contributed by atoms with Gasteiger partial charge in [-0.1, -0.05) is 40.2 Å². The maximum absolute atomic E-state index is 12.8. The zero-order chi connectivity index (χ0) is 20.9. The summed E-state index contributed by atoms with van der Waals surface area (Å²) in [6.45, 7) is 4.08. The van der Waals surface area contributed by atoms with Crippen molar-refractivity contribution in [3.8, 4) is 0 Å². The Morgan fingerprint density at radius 2 is 1.87 bits per heavy atom. The van der Waals surface area contributed by atoms with Crippen molar-refractivity contribution in [1.82, 2.24) is 19.9 Å². The predicted molar refractivity (Wildman–Crippen MR) is 121 cm³/mol. The molecule has 5 nitrogen and oxygen atoms in total. The maximum atomic E-state index is 12.8. The number of aromatic nitrogens is 3. The molecule has 0 radical (unpaired) electrons. The predicted octanol–water partition coefficient (Wildman–Crippen LogP) is 5.00. The highest BCUT2D eigenvalue weighted by atomic mass is 79.9. The molecule has 152 valence electrons. The lowest BCUT2D eigenvalue weighted by molar-refractivity contribution is -0.122. The van der Waals surface area contributed by atoms with Crippen molar-refractivity contribution < 1.29 is 4.79 Å². The number of hydrogen-bond donors (Lipinski definition) is 1. The molecule has 2 aromatic heterocycles. The number of aryl methyl sites for hydroxylation is 2. The van der Waals surface area contributed by atoms with E-state index in [-0.39, 0.29) is 11.4 Å². The van der Waals surface area contributed by atoms with Crippen LogP contribution in [-0.4, -0.2) is 20.5 Å². The van der Waals surface area contributed by atoms with Crippen LogP contribution in [0.3, 0.4) is 0 Å². The Bertz CT molecular complexity index is 1270. The van der Waals surface area contributed by atoms with E-state index in [4.69, 9.17) is 10.1 Å². The smallest absolute Gasteiger partial charge is 0.221 e. The lowest BCUT2D eigenvalue weighted by Gasteiger charge is -2.18. The van der Waals surface area contributed by atoms with Crippen molar-refractivity contribution in [2.75, 3.05) is 0 Å². The SMILES string of the molecule is Cc1nc2c3ccccc3nn2c(C)c1CCC(=O)NC1(c2ccc(Br)cc2)CC1. The summed E-state index contributed by atoms with van der Waals surface area (Å²) in [5, 5.41) is 9.04. The minimum absolute atomic E-state index is 0.0833. The number of carbonyl (C=O) groups is 1. The number of amides is 1. The molecule has 30 heavy (non-hydrogen) atoms. The fourth-order valence-corrected chi connectivity index (χ4v) is 4.55. The van der Waals surface area contributed by atoms with Gasteiger partial charge in [0.2, 0.25) is 5.91 Å². The Hall–Kier alpha value is -2.73. The number of hydrogen-bond acceptors (Lipinski definition) is 3. The molecule has 0 atom stereocenters. The highest BCUT2D eigenvalue weighted by Gasteiger charge is 2.45. The van der Waals surface area contributed by atoms with Gasteiger partial charge in [0.25, 0.3) is 0 Å². The van der Waals surface area contributed by atoms with E-state index in [2.05, 4.69) is 40.3 Å². The van der Waals surface area contributed by atoms with Gasteiger partial charge in [0, 0.05) is 27.7 Å². The first-order valence-corrected chi connectivity index (χ1v) is 11.1. The van der Waals surface area contributed by atoms with Crippen LogP contribution in [0.2, 0.25) is 0 Å². The second kappa shape index (κ2) is 7.20. The van der Waals surface area contributed by atoms with Crippen molar-refractivity contribution in [3.05, 3.63) is 75.5 Å². The summed E-state index contributed by atoms with van der Waals surface area (Å²) < 4.78 is 2.96. The lowest BCUT2D eigenvalue weighted by atomic mass is 10.0. The first kappa shape index (κ1) is 19.2. The standard InChI is InChI=1S/C24H23BrN4O/c1-15-19(16(2)29-23(26-15)20-5-3-4-6-21(20)28-29)11-12-22(30)27-24(13-14-24)17-7-9-18(25)10-8-17/h3-10H,11-14H2,1-2H3,(H,27,30). The average molecular weight is 463 g/mol. The van der Waals surface area contributed by atoms with Crippen LogP contribution < -0.4 is 5.32 Å². The number of rotatable bonds is 5. The molecule has 1 aliphatic rings. The molecule has 0 bridgehead atoms. The van der Waals surface area contributed by atoms with Crippen LogP contribution in [0.4, 0.5) is 0 Å². The summed E-state index contributed by atoms with van der Waals surface area (Å²) in [6, 6.07) is 16.3. The molecule has 0 spiro atoms. The van der Waals surface area contributed by atoms with E-state index in [0.29, 0.717) is 12.8 Å². The Kier molecular flexibility index (Phi) is 4.62.